The van der Waals surface area contributed by atoms with E-state index in [4.69, 9.17) is 5.11 Å². The van der Waals surface area contributed by atoms with Crippen molar-refractivity contribution in [3.8, 4) is 0 Å². The molecule has 0 aromatic heterocycles. The summed E-state index contributed by atoms with van der Waals surface area (Å²) in [6.07, 6.45) is 2.62. The molecule has 0 saturated carbocycles. The number of likely N-dealkylation sites (N-methyl/N-ethyl adjacent to an activating group) is 1. The van der Waals surface area contributed by atoms with Gasteiger partial charge in [0.15, 0.2) is 0 Å². The minimum Gasteiger partial charge on any atom is -0.478 e. The van der Waals surface area contributed by atoms with E-state index in [1.54, 1.807) is 19.2 Å². The third-order valence-electron chi connectivity index (χ3n) is 1.91. The van der Waals surface area contributed by atoms with Crippen molar-refractivity contribution in [1.82, 2.24) is 0 Å². The number of carboxylic acids is 1. The highest BCUT2D eigenvalue weighted by atomic mass is 19.1. The first-order chi connectivity index (χ1) is 7.09. The maximum atomic E-state index is 12.6. The van der Waals surface area contributed by atoms with E-state index >= 15 is 0 Å². The molecule has 1 rings (SSSR count). The average molecular weight is 209 g/mol. The summed E-state index contributed by atoms with van der Waals surface area (Å²) in [7, 11) is 1.80. The molecule has 80 valence electrons. The second-order valence-electron chi connectivity index (χ2n) is 3.10. The molecule has 0 bridgehead atoms. The molecule has 0 aliphatic heterocycles. The summed E-state index contributed by atoms with van der Waals surface area (Å²) in [5.41, 5.74) is 0.839. The molecule has 4 heteroatoms. The van der Waals surface area contributed by atoms with Crippen LogP contribution in [0.15, 0.2) is 36.4 Å². The van der Waals surface area contributed by atoms with Gasteiger partial charge in [-0.2, -0.15) is 0 Å². The van der Waals surface area contributed by atoms with Crippen molar-refractivity contribution in [1.29, 1.82) is 0 Å². The molecule has 0 atom stereocenters. The predicted octanol–water partition coefficient (Wildman–Crippen LogP) is 1.90. The van der Waals surface area contributed by atoms with Crippen molar-refractivity contribution < 1.29 is 14.3 Å². The molecule has 1 aromatic carbocycles. The minimum atomic E-state index is -0.970. The number of carbonyl (C=O) groups is 1. The van der Waals surface area contributed by atoms with Crippen molar-refractivity contribution in [2.24, 2.45) is 0 Å². The van der Waals surface area contributed by atoms with Crippen LogP contribution >= 0.6 is 0 Å². The molecule has 0 amide bonds. The Kier molecular flexibility index (Phi) is 3.85. The first kappa shape index (κ1) is 11.2. The van der Waals surface area contributed by atoms with Gasteiger partial charge in [-0.05, 0) is 24.3 Å². The Labute approximate surface area is 87.4 Å². The number of nitrogens with zero attached hydrogens (tertiary/aromatic N) is 1. The van der Waals surface area contributed by atoms with Gasteiger partial charge >= 0.3 is 5.97 Å². The lowest BCUT2D eigenvalue weighted by molar-refractivity contribution is -0.131. The highest BCUT2D eigenvalue weighted by Crippen LogP contribution is 2.12. The number of anilines is 1. The summed E-state index contributed by atoms with van der Waals surface area (Å²) in [5.74, 6) is -1.25. The average Bonchev–Trinajstić information content (AvgIpc) is 2.18. The lowest BCUT2D eigenvalue weighted by Crippen LogP contribution is -2.16. The molecule has 0 heterocycles. The molecule has 1 aromatic rings. The molecule has 0 saturated heterocycles. The molecule has 0 aliphatic rings. The number of benzene rings is 1. The lowest BCUT2D eigenvalue weighted by atomic mass is 10.3. The summed E-state index contributed by atoms with van der Waals surface area (Å²) < 4.78 is 12.6. The van der Waals surface area contributed by atoms with E-state index in [2.05, 4.69) is 0 Å². The number of halogens is 1. The fourth-order valence-electron chi connectivity index (χ4n) is 1.11. The van der Waals surface area contributed by atoms with Crippen LogP contribution in [0.5, 0.6) is 0 Å². The lowest BCUT2D eigenvalue weighted by Gasteiger charge is -2.16. The molecule has 1 N–H and O–H groups in total. The van der Waals surface area contributed by atoms with E-state index in [0.29, 0.717) is 6.54 Å². The minimum absolute atomic E-state index is 0.284. The van der Waals surface area contributed by atoms with Crippen LogP contribution in [0.4, 0.5) is 10.1 Å². The molecule has 3 nitrogen and oxygen atoms in total. The SMILES string of the molecule is CN(CC=CC(=O)O)c1ccc(F)cc1. The van der Waals surface area contributed by atoms with E-state index in [0.717, 1.165) is 11.8 Å². The first-order valence-electron chi connectivity index (χ1n) is 4.46. The topological polar surface area (TPSA) is 40.5 Å². The molecular weight excluding hydrogens is 197 g/mol. The summed E-state index contributed by atoms with van der Waals surface area (Å²) in [6, 6.07) is 6.02. The van der Waals surface area contributed by atoms with Crippen LogP contribution < -0.4 is 4.90 Å². The van der Waals surface area contributed by atoms with Gasteiger partial charge in [0.25, 0.3) is 0 Å². The predicted molar refractivity (Wildman–Crippen MR) is 56.4 cm³/mol. The third kappa shape index (κ3) is 3.81. The van der Waals surface area contributed by atoms with Crippen LogP contribution in [0.1, 0.15) is 0 Å². The second-order valence-corrected chi connectivity index (χ2v) is 3.10. The fraction of sp³-hybridized carbons (Fsp3) is 0.182. The maximum Gasteiger partial charge on any atom is 0.328 e. The Bertz CT molecular complexity index is 359. The summed E-state index contributed by atoms with van der Waals surface area (Å²) in [4.78, 5) is 12.0. The van der Waals surface area contributed by atoms with E-state index in [-0.39, 0.29) is 5.82 Å². The molecule has 0 unspecified atom stereocenters. The van der Waals surface area contributed by atoms with E-state index in [1.807, 2.05) is 4.90 Å². The van der Waals surface area contributed by atoms with E-state index in [9.17, 15) is 9.18 Å². The van der Waals surface area contributed by atoms with Crippen LogP contribution in [-0.2, 0) is 4.79 Å². The van der Waals surface area contributed by atoms with Crippen LogP contribution in [-0.4, -0.2) is 24.7 Å². The number of carboxylic acid groups (broad SMARTS) is 1. The van der Waals surface area contributed by atoms with Crippen LogP contribution in [0.3, 0.4) is 0 Å². The Morgan fingerprint density at radius 1 is 1.47 bits per heavy atom. The third-order valence-corrected chi connectivity index (χ3v) is 1.91. The number of aliphatic carboxylic acids is 1. The Hall–Kier alpha value is -1.84. The summed E-state index contributed by atoms with van der Waals surface area (Å²) in [5, 5.41) is 8.38. The second kappa shape index (κ2) is 5.14. The molecule has 0 spiro atoms. The van der Waals surface area contributed by atoms with Crippen molar-refractivity contribution in [3.63, 3.8) is 0 Å². The molecule has 0 radical (unpaired) electrons. The first-order valence-corrected chi connectivity index (χ1v) is 4.46. The van der Waals surface area contributed by atoms with Gasteiger partial charge in [-0.15, -0.1) is 0 Å². The van der Waals surface area contributed by atoms with E-state index in [1.165, 1.54) is 18.2 Å². The highest BCUT2D eigenvalue weighted by molar-refractivity contribution is 5.79. The number of rotatable bonds is 4. The normalized spacial score (nSPS) is 10.5. The number of hydrogen-bond donors (Lipinski definition) is 1. The standard InChI is InChI=1S/C11H12FNO2/c1-13(8-2-3-11(14)15)10-6-4-9(12)5-7-10/h2-7H,8H2,1H3,(H,14,15). The van der Waals surface area contributed by atoms with Crippen molar-refractivity contribution in [2.45, 2.75) is 0 Å². The fourth-order valence-corrected chi connectivity index (χ4v) is 1.11. The Balaban J connectivity index is 2.57. The Morgan fingerprint density at radius 2 is 2.07 bits per heavy atom. The molecule has 0 fully saturated rings. The van der Waals surface area contributed by atoms with Gasteiger partial charge in [0, 0.05) is 25.4 Å². The van der Waals surface area contributed by atoms with Crippen molar-refractivity contribution in [3.05, 3.63) is 42.2 Å². The quantitative estimate of drug-likeness (QED) is 0.770. The summed E-state index contributed by atoms with van der Waals surface area (Å²) >= 11 is 0. The zero-order valence-corrected chi connectivity index (χ0v) is 8.35. The largest absolute Gasteiger partial charge is 0.478 e. The monoisotopic (exact) mass is 209 g/mol. The highest BCUT2D eigenvalue weighted by Gasteiger charge is 1.98. The number of hydrogen-bond acceptors (Lipinski definition) is 2. The van der Waals surface area contributed by atoms with Gasteiger partial charge in [0.1, 0.15) is 5.82 Å². The van der Waals surface area contributed by atoms with Gasteiger partial charge in [-0.25, -0.2) is 9.18 Å². The molecule has 15 heavy (non-hydrogen) atoms. The van der Waals surface area contributed by atoms with Gasteiger partial charge in [-0.1, -0.05) is 6.08 Å². The smallest absolute Gasteiger partial charge is 0.328 e. The van der Waals surface area contributed by atoms with Gasteiger partial charge < -0.3 is 10.0 Å². The zero-order chi connectivity index (χ0) is 11.3. The molecule has 0 aliphatic carbocycles. The van der Waals surface area contributed by atoms with Gasteiger partial charge in [0.05, 0.1) is 0 Å². The van der Waals surface area contributed by atoms with Crippen LogP contribution in [0.2, 0.25) is 0 Å². The van der Waals surface area contributed by atoms with Crippen molar-refractivity contribution >= 4 is 11.7 Å². The zero-order valence-electron chi connectivity index (χ0n) is 8.35. The molecular formula is C11H12FNO2. The van der Waals surface area contributed by atoms with Crippen LogP contribution in [0, 0.1) is 5.82 Å². The van der Waals surface area contributed by atoms with Gasteiger partial charge in [-0.3, -0.25) is 0 Å². The van der Waals surface area contributed by atoms with E-state index < -0.39 is 5.97 Å². The van der Waals surface area contributed by atoms with Crippen LogP contribution in [0.25, 0.3) is 0 Å². The Morgan fingerprint density at radius 3 is 2.60 bits per heavy atom. The summed E-state index contributed by atoms with van der Waals surface area (Å²) in [6.45, 7) is 0.470. The maximum absolute atomic E-state index is 12.6. The van der Waals surface area contributed by atoms with Crippen molar-refractivity contribution in [2.75, 3.05) is 18.5 Å². The van der Waals surface area contributed by atoms with Gasteiger partial charge in [0.2, 0.25) is 0 Å².